The molecule has 0 radical (unpaired) electrons. The number of ether oxygens (including phenoxy) is 2. The van der Waals surface area contributed by atoms with Crippen molar-refractivity contribution >= 4 is 37.6 Å². The molecule has 0 atom stereocenters. The number of halogens is 3. The molecular formula is C17H22Br2FNO3. The molecule has 0 unspecified atom stereocenters. The highest BCUT2D eigenvalue weighted by Crippen LogP contribution is 2.33. The molecule has 0 aliphatic heterocycles. The average molecular weight is 467 g/mol. The summed E-state index contributed by atoms with van der Waals surface area (Å²) in [5, 5.41) is 3.83. The molecule has 0 amide bonds. The van der Waals surface area contributed by atoms with Crippen LogP contribution in [0.4, 0.5) is 4.39 Å². The molecule has 0 saturated heterocycles. The first-order valence-electron chi connectivity index (χ1n) is 7.58. The number of nitrogens with zero attached hydrogens (tertiary/aromatic N) is 1. The zero-order valence-corrected chi connectivity index (χ0v) is 17.5. The maximum absolute atomic E-state index is 14.6. The summed E-state index contributed by atoms with van der Waals surface area (Å²) in [5.41, 5.74) is 2.15. The van der Waals surface area contributed by atoms with E-state index in [0.29, 0.717) is 30.9 Å². The van der Waals surface area contributed by atoms with Crippen LogP contribution in [0, 0.1) is 12.7 Å². The molecule has 0 fully saturated rings. The molecule has 1 rings (SSSR count). The summed E-state index contributed by atoms with van der Waals surface area (Å²) in [7, 11) is 0. The van der Waals surface area contributed by atoms with Gasteiger partial charge in [-0.05, 0) is 76.8 Å². The van der Waals surface area contributed by atoms with Crippen LogP contribution in [0.15, 0.2) is 20.7 Å². The van der Waals surface area contributed by atoms with Crippen LogP contribution in [0.5, 0.6) is 11.5 Å². The van der Waals surface area contributed by atoms with Gasteiger partial charge < -0.3 is 14.3 Å². The summed E-state index contributed by atoms with van der Waals surface area (Å²) < 4.78 is 26.6. The predicted octanol–water partition coefficient (Wildman–Crippen LogP) is 5.50. The third kappa shape index (κ3) is 6.81. The minimum absolute atomic E-state index is 0.219. The van der Waals surface area contributed by atoms with Crippen molar-refractivity contribution < 1.29 is 18.7 Å². The van der Waals surface area contributed by atoms with E-state index in [4.69, 9.17) is 14.3 Å². The van der Waals surface area contributed by atoms with Crippen LogP contribution in [0.1, 0.15) is 31.9 Å². The smallest absolute Gasteiger partial charge is 0.171 e. The molecule has 1 aromatic carbocycles. The van der Waals surface area contributed by atoms with E-state index in [0.717, 1.165) is 14.7 Å². The molecular weight excluding hydrogens is 445 g/mol. The van der Waals surface area contributed by atoms with Crippen molar-refractivity contribution in [3.05, 3.63) is 32.5 Å². The SMILES string of the molecule is CCc1c(F)c(OCC=C(Br)Br)cc(C)c1OCCON=C(C)C. The lowest BCUT2D eigenvalue weighted by molar-refractivity contribution is 0.106. The van der Waals surface area contributed by atoms with Gasteiger partial charge in [0.1, 0.15) is 19.0 Å². The monoisotopic (exact) mass is 465 g/mol. The van der Waals surface area contributed by atoms with Crippen LogP contribution in [-0.2, 0) is 11.3 Å². The van der Waals surface area contributed by atoms with Gasteiger partial charge in [0.05, 0.1) is 9.10 Å². The van der Waals surface area contributed by atoms with Crippen molar-refractivity contribution in [3.8, 4) is 11.5 Å². The van der Waals surface area contributed by atoms with E-state index in [1.165, 1.54) is 0 Å². The number of rotatable bonds is 9. The summed E-state index contributed by atoms with van der Waals surface area (Å²) >= 11 is 6.47. The predicted molar refractivity (Wildman–Crippen MR) is 102 cm³/mol. The van der Waals surface area contributed by atoms with Crippen LogP contribution in [0.25, 0.3) is 0 Å². The molecule has 0 heterocycles. The molecule has 0 saturated carbocycles. The van der Waals surface area contributed by atoms with E-state index >= 15 is 0 Å². The summed E-state index contributed by atoms with van der Waals surface area (Å²) in [6.07, 6.45) is 2.25. The molecule has 0 aliphatic rings. The molecule has 0 aromatic heterocycles. The van der Waals surface area contributed by atoms with E-state index < -0.39 is 0 Å². The first-order chi connectivity index (χ1) is 11.4. The Labute approximate surface area is 159 Å². The summed E-state index contributed by atoms with van der Waals surface area (Å²) in [5.74, 6) is 0.373. The minimum Gasteiger partial charge on any atom is -0.489 e. The van der Waals surface area contributed by atoms with E-state index in [1.54, 1.807) is 12.1 Å². The van der Waals surface area contributed by atoms with Gasteiger partial charge in [0, 0.05) is 5.56 Å². The highest BCUT2D eigenvalue weighted by Gasteiger charge is 2.17. The Bertz CT molecular complexity index is 610. The molecule has 0 bridgehead atoms. The van der Waals surface area contributed by atoms with E-state index in [1.807, 2.05) is 27.7 Å². The summed E-state index contributed by atoms with van der Waals surface area (Å²) in [6.45, 7) is 8.29. The lowest BCUT2D eigenvalue weighted by atomic mass is 10.1. The van der Waals surface area contributed by atoms with Gasteiger partial charge in [-0.1, -0.05) is 12.1 Å². The number of benzene rings is 1. The van der Waals surface area contributed by atoms with Crippen molar-refractivity contribution in [1.29, 1.82) is 0 Å². The Morgan fingerprint density at radius 1 is 1.25 bits per heavy atom. The number of hydrogen-bond acceptors (Lipinski definition) is 4. The molecule has 7 heteroatoms. The van der Waals surface area contributed by atoms with Crippen molar-refractivity contribution in [2.24, 2.45) is 5.16 Å². The van der Waals surface area contributed by atoms with Gasteiger partial charge in [-0.3, -0.25) is 0 Å². The number of hydrogen-bond donors (Lipinski definition) is 0. The maximum atomic E-state index is 14.6. The van der Waals surface area contributed by atoms with Crippen molar-refractivity contribution in [2.45, 2.75) is 34.1 Å². The van der Waals surface area contributed by atoms with E-state index in [-0.39, 0.29) is 18.2 Å². The maximum Gasteiger partial charge on any atom is 0.171 e. The minimum atomic E-state index is -0.388. The molecule has 134 valence electrons. The van der Waals surface area contributed by atoms with Crippen LogP contribution < -0.4 is 9.47 Å². The lowest BCUT2D eigenvalue weighted by Gasteiger charge is -2.16. The second-order valence-electron chi connectivity index (χ2n) is 5.19. The largest absolute Gasteiger partial charge is 0.489 e. The fourth-order valence-corrected chi connectivity index (χ4v) is 2.25. The van der Waals surface area contributed by atoms with Gasteiger partial charge in [0.25, 0.3) is 0 Å². The van der Waals surface area contributed by atoms with Crippen LogP contribution in [0.2, 0.25) is 0 Å². The Hall–Kier alpha value is -1.08. The standard InChI is InChI=1S/C17H22Br2FNO3/c1-5-13-16(20)14(22-7-6-15(18)19)10-12(4)17(13)23-8-9-24-21-11(2)3/h6,10H,5,7-9H2,1-4H3. The third-order valence-corrected chi connectivity index (χ3v) is 3.61. The van der Waals surface area contributed by atoms with Crippen molar-refractivity contribution in [3.63, 3.8) is 0 Å². The van der Waals surface area contributed by atoms with Crippen LogP contribution >= 0.6 is 31.9 Å². The van der Waals surface area contributed by atoms with Gasteiger partial charge >= 0.3 is 0 Å². The van der Waals surface area contributed by atoms with E-state index in [2.05, 4.69) is 37.0 Å². The highest BCUT2D eigenvalue weighted by molar-refractivity contribution is 9.28. The van der Waals surface area contributed by atoms with Gasteiger partial charge in [-0.2, -0.15) is 0 Å². The molecule has 1 aromatic rings. The first kappa shape index (κ1) is 21.0. The van der Waals surface area contributed by atoms with Gasteiger partial charge in [0.2, 0.25) is 0 Å². The second kappa shape index (κ2) is 10.7. The number of aryl methyl sites for hydroxylation is 1. The van der Waals surface area contributed by atoms with Gasteiger partial charge in [-0.25, -0.2) is 4.39 Å². The first-order valence-corrected chi connectivity index (χ1v) is 9.17. The Kier molecular flexibility index (Phi) is 9.36. The quantitative estimate of drug-likeness (QED) is 0.274. The van der Waals surface area contributed by atoms with Crippen molar-refractivity contribution in [1.82, 2.24) is 0 Å². The molecule has 24 heavy (non-hydrogen) atoms. The van der Waals surface area contributed by atoms with Crippen molar-refractivity contribution in [2.75, 3.05) is 19.8 Å². The molecule has 0 spiro atoms. The zero-order valence-electron chi connectivity index (χ0n) is 14.3. The van der Waals surface area contributed by atoms with E-state index in [9.17, 15) is 4.39 Å². The Morgan fingerprint density at radius 2 is 1.96 bits per heavy atom. The zero-order chi connectivity index (χ0) is 18.1. The highest BCUT2D eigenvalue weighted by atomic mass is 79.9. The fraction of sp³-hybridized carbons (Fsp3) is 0.471. The average Bonchev–Trinajstić information content (AvgIpc) is 2.50. The van der Waals surface area contributed by atoms with Gasteiger partial charge in [0.15, 0.2) is 18.2 Å². The summed E-state index contributed by atoms with van der Waals surface area (Å²) in [4.78, 5) is 5.09. The second-order valence-corrected chi connectivity index (χ2v) is 7.96. The lowest BCUT2D eigenvalue weighted by Crippen LogP contribution is -2.09. The Morgan fingerprint density at radius 3 is 2.54 bits per heavy atom. The number of oxime groups is 1. The normalized spacial score (nSPS) is 10.1. The summed E-state index contributed by atoms with van der Waals surface area (Å²) in [6, 6.07) is 1.65. The third-order valence-electron chi connectivity index (χ3n) is 2.96. The Balaban J connectivity index is 2.84. The molecule has 0 aliphatic carbocycles. The topological polar surface area (TPSA) is 40.0 Å². The van der Waals surface area contributed by atoms with Crippen LogP contribution in [0.3, 0.4) is 0 Å². The van der Waals surface area contributed by atoms with Gasteiger partial charge in [-0.15, -0.1) is 0 Å². The molecule has 0 N–H and O–H groups in total. The van der Waals surface area contributed by atoms with Crippen LogP contribution in [-0.4, -0.2) is 25.5 Å². The molecule has 4 nitrogen and oxygen atoms in total. The fourth-order valence-electron chi connectivity index (χ4n) is 1.98.